The predicted octanol–water partition coefficient (Wildman–Crippen LogP) is 7.44. The van der Waals surface area contributed by atoms with Crippen LogP contribution in [0, 0.1) is 5.82 Å². The zero-order valence-electron chi connectivity index (χ0n) is 15.0. The minimum Gasteiger partial charge on any atom is -0.207 e. The lowest BCUT2D eigenvalue weighted by molar-refractivity contribution is 0.628. The van der Waals surface area contributed by atoms with Crippen molar-refractivity contribution in [1.29, 1.82) is 0 Å². The van der Waals surface area contributed by atoms with Crippen LogP contribution >= 0.6 is 0 Å². The topological polar surface area (TPSA) is 0 Å². The first-order valence-corrected chi connectivity index (χ1v) is 9.02. The van der Waals surface area contributed by atoms with Crippen molar-refractivity contribution in [2.45, 2.75) is 19.8 Å². The molecule has 0 aromatic heterocycles. The Morgan fingerprint density at radius 3 is 1.92 bits per heavy atom. The molecule has 0 saturated heterocycles. The molecule has 4 rings (SSSR count). The fraction of sp³-hybridized carbons (Fsp3) is 0.120. The molecule has 0 bridgehead atoms. The molecule has 0 unspecified atom stereocenters. The lowest BCUT2D eigenvalue weighted by atomic mass is 9.84. The normalized spacial score (nSPS) is 11.2. The van der Waals surface area contributed by atoms with Gasteiger partial charge in [-0.2, -0.15) is 0 Å². The highest BCUT2D eigenvalue weighted by Gasteiger charge is 2.16. The monoisotopic (exact) mass is 340 g/mol. The number of benzene rings is 4. The molecule has 0 fully saturated rings. The molecule has 0 nitrogen and oxygen atoms in total. The van der Waals surface area contributed by atoms with E-state index >= 15 is 0 Å². The van der Waals surface area contributed by atoms with E-state index in [0.717, 1.165) is 11.1 Å². The van der Waals surface area contributed by atoms with E-state index in [1.165, 1.54) is 39.6 Å². The zero-order chi connectivity index (χ0) is 18.1. The van der Waals surface area contributed by atoms with Gasteiger partial charge >= 0.3 is 0 Å². The molecule has 1 heteroatoms. The third-order valence-electron chi connectivity index (χ3n) is 4.91. The summed E-state index contributed by atoms with van der Waals surface area (Å²) >= 11 is 0. The van der Waals surface area contributed by atoms with Crippen molar-refractivity contribution in [3.63, 3.8) is 0 Å². The number of rotatable bonds is 3. The van der Waals surface area contributed by atoms with Crippen molar-refractivity contribution in [3.8, 4) is 22.3 Å². The summed E-state index contributed by atoms with van der Waals surface area (Å²) in [4.78, 5) is 0. The van der Waals surface area contributed by atoms with E-state index in [9.17, 15) is 4.39 Å². The summed E-state index contributed by atoms with van der Waals surface area (Å²) in [6, 6.07) is 28.1. The summed E-state index contributed by atoms with van der Waals surface area (Å²) in [5.74, 6) is 0.178. The van der Waals surface area contributed by atoms with E-state index in [-0.39, 0.29) is 5.82 Å². The van der Waals surface area contributed by atoms with Gasteiger partial charge in [-0.1, -0.05) is 80.6 Å². The molecular weight excluding hydrogens is 319 g/mol. The first-order valence-electron chi connectivity index (χ1n) is 9.02. The molecule has 0 atom stereocenters. The maximum Gasteiger partial charge on any atom is 0.123 e. The van der Waals surface area contributed by atoms with Gasteiger partial charge in [0.05, 0.1) is 0 Å². The molecule has 0 aliphatic carbocycles. The maximum atomic E-state index is 13.4. The van der Waals surface area contributed by atoms with E-state index < -0.39 is 0 Å². The van der Waals surface area contributed by atoms with Gasteiger partial charge in [-0.05, 0) is 62.7 Å². The summed E-state index contributed by atoms with van der Waals surface area (Å²) < 4.78 is 13.4. The van der Waals surface area contributed by atoms with Crippen LogP contribution in [0.1, 0.15) is 25.3 Å². The van der Waals surface area contributed by atoms with E-state index in [1.54, 1.807) is 0 Å². The second-order valence-corrected chi connectivity index (χ2v) is 6.96. The molecule has 0 N–H and O–H groups in total. The summed E-state index contributed by atoms with van der Waals surface area (Å²) in [5.41, 5.74) is 6.04. The van der Waals surface area contributed by atoms with E-state index in [4.69, 9.17) is 0 Å². The lowest BCUT2D eigenvalue weighted by Crippen LogP contribution is -1.96. The van der Waals surface area contributed by atoms with E-state index in [1.807, 2.05) is 18.2 Å². The Balaban J connectivity index is 2.09. The van der Waals surface area contributed by atoms with Crippen molar-refractivity contribution < 1.29 is 4.39 Å². The summed E-state index contributed by atoms with van der Waals surface area (Å²) in [7, 11) is 0. The molecule has 0 aliphatic rings. The molecule has 0 spiro atoms. The van der Waals surface area contributed by atoms with E-state index in [2.05, 4.69) is 68.4 Å². The molecule has 0 amide bonds. The van der Waals surface area contributed by atoms with Gasteiger partial charge in [0.1, 0.15) is 5.82 Å². The summed E-state index contributed by atoms with van der Waals surface area (Å²) in [6.07, 6.45) is 0. The summed E-state index contributed by atoms with van der Waals surface area (Å²) in [6.45, 7) is 4.45. The Morgan fingerprint density at radius 2 is 1.27 bits per heavy atom. The standard InChI is InChI=1S/C25H21F/c1-17(2)23-16-24(18-12-14-20(26)15-13-18)21-10-6-7-11-22(21)25(23)19-8-4-3-5-9-19/h3-17H,1-2H3. The Kier molecular flexibility index (Phi) is 4.30. The highest BCUT2D eigenvalue weighted by molar-refractivity contribution is 6.06. The third kappa shape index (κ3) is 2.90. The number of hydrogen-bond acceptors (Lipinski definition) is 0. The maximum absolute atomic E-state index is 13.4. The highest BCUT2D eigenvalue weighted by Crippen LogP contribution is 2.41. The van der Waals surface area contributed by atoms with Crippen LogP contribution < -0.4 is 0 Å². The van der Waals surface area contributed by atoms with Gasteiger partial charge in [0, 0.05) is 0 Å². The summed E-state index contributed by atoms with van der Waals surface area (Å²) in [5, 5.41) is 2.44. The zero-order valence-corrected chi connectivity index (χ0v) is 15.0. The van der Waals surface area contributed by atoms with Crippen LogP contribution in [-0.2, 0) is 0 Å². The molecule has 4 aromatic carbocycles. The largest absolute Gasteiger partial charge is 0.207 e. The fourth-order valence-electron chi connectivity index (χ4n) is 3.65. The van der Waals surface area contributed by atoms with Crippen LogP contribution in [0.5, 0.6) is 0 Å². The second kappa shape index (κ2) is 6.76. The second-order valence-electron chi connectivity index (χ2n) is 6.96. The van der Waals surface area contributed by atoms with Crippen molar-refractivity contribution in [1.82, 2.24) is 0 Å². The van der Waals surface area contributed by atoms with Gasteiger partial charge in [0.2, 0.25) is 0 Å². The average Bonchev–Trinajstić information content (AvgIpc) is 2.68. The minimum atomic E-state index is -0.206. The molecule has 0 saturated carbocycles. The van der Waals surface area contributed by atoms with Gasteiger partial charge in [-0.15, -0.1) is 0 Å². The smallest absolute Gasteiger partial charge is 0.123 e. The molecule has 0 aliphatic heterocycles. The Morgan fingerprint density at radius 1 is 0.654 bits per heavy atom. The predicted molar refractivity (Wildman–Crippen MR) is 109 cm³/mol. The van der Waals surface area contributed by atoms with Crippen molar-refractivity contribution in [2.75, 3.05) is 0 Å². The first kappa shape index (κ1) is 16.5. The molecular formula is C25H21F. The van der Waals surface area contributed by atoms with Gasteiger partial charge in [-0.25, -0.2) is 4.39 Å². The highest BCUT2D eigenvalue weighted by atomic mass is 19.1. The molecule has 0 heterocycles. The van der Waals surface area contributed by atoms with Gasteiger partial charge in [0.15, 0.2) is 0 Å². The van der Waals surface area contributed by atoms with Crippen molar-refractivity contribution >= 4 is 10.8 Å². The van der Waals surface area contributed by atoms with Gasteiger partial charge in [0.25, 0.3) is 0 Å². The number of hydrogen-bond donors (Lipinski definition) is 0. The molecule has 26 heavy (non-hydrogen) atoms. The third-order valence-corrected chi connectivity index (χ3v) is 4.91. The van der Waals surface area contributed by atoms with Crippen LogP contribution in [-0.4, -0.2) is 0 Å². The first-order chi connectivity index (χ1) is 12.6. The van der Waals surface area contributed by atoms with Crippen molar-refractivity contribution in [3.05, 3.63) is 96.3 Å². The SMILES string of the molecule is CC(C)c1cc(-c2ccc(F)cc2)c2ccccc2c1-c1ccccc1. The number of fused-ring (bicyclic) bond motifs is 1. The quantitative estimate of drug-likeness (QED) is 0.363. The van der Waals surface area contributed by atoms with Crippen LogP contribution in [0.25, 0.3) is 33.0 Å². The van der Waals surface area contributed by atoms with Crippen LogP contribution in [0.3, 0.4) is 0 Å². The van der Waals surface area contributed by atoms with Crippen LogP contribution in [0.15, 0.2) is 84.9 Å². The van der Waals surface area contributed by atoms with Gasteiger partial charge in [-0.3, -0.25) is 0 Å². The van der Waals surface area contributed by atoms with Crippen molar-refractivity contribution in [2.24, 2.45) is 0 Å². The van der Waals surface area contributed by atoms with Gasteiger partial charge < -0.3 is 0 Å². The van der Waals surface area contributed by atoms with Crippen LogP contribution in [0.2, 0.25) is 0 Å². The fourth-order valence-corrected chi connectivity index (χ4v) is 3.65. The number of halogens is 1. The van der Waals surface area contributed by atoms with E-state index in [0.29, 0.717) is 5.92 Å². The minimum absolute atomic E-state index is 0.206. The Labute approximate surface area is 153 Å². The molecule has 0 radical (unpaired) electrons. The van der Waals surface area contributed by atoms with Crippen LogP contribution in [0.4, 0.5) is 4.39 Å². The Bertz CT molecular complexity index is 1040. The lowest BCUT2D eigenvalue weighted by Gasteiger charge is -2.20. The average molecular weight is 340 g/mol. The Hall–Kier alpha value is -2.93. The molecule has 128 valence electrons. The molecule has 4 aromatic rings.